The lowest BCUT2D eigenvalue weighted by Crippen LogP contribution is -2.14. The summed E-state index contributed by atoms with van der Waals surface area (Å²) >= 11 is 0. The van der Waals surface area contributed by atoms with E-state index in [0.717, 1.165) is 17.1 Å². The number of nitrogens with zero attached hydrogens (tertiary/aromatic N) is 2. The lowest BCUT2D eigenvalue weighted by atomic mass is 9.92. The smallest absolute Gasteiger partial charge is 0.140 e. The molecule has 0 aliphatic heterocycles. The molecule has 0 atom stereocenters. The molecule has 18 heavy (non-hydrogen) atoms. The predicted octanol–water partition coefficient (Wildman–Crippen LogP) is 2.21. The Morgan fingerprint density at radius 3 is 2.78 bits per heavy atom. The molecule has 0 unspecified atom stereocenters. The minimum Gasteiger partial charge on any atom is -0.492 e. The van der Waals surface area contributed by atoms with Crippen LogP contribution >= 0.6 is 0 Å². The number of aryl methyl sites for hydroxylation is 1. The molecule has 4 heteroatoms. The zero-order valence-electron chi connectivity index (χ0n) is 11.4. The van der Waals surface area contributed by atoms with Crippen LogP contribution in [0.5, 0.6) is 5.75 Å². The number of ether oxygens (including phenoxy) is 1. The Bertz CT molecular complexity index is 435. The molecular weight excluding hydrogens is 226 g/mol. The van der Waals surface area contributed by atoms with Crippen molar-refractivity contribution >= 4 is 0 Å². The van der Waals surface area contributed by atoms with E-state index in [1.807, 2.05) is 32.9 Å². The maximum Gasteiger partial charge on any atom is 0.140 e. The zero-order chi connectivity index (χ0) is 13.6. The minimum atomic E-state index is -0.355. The van der Waals surface area contributed by atoms with E-state index in [4.69, 9.17) is 15.7 Å². The molecule has 0 saturated heterocycles. The standard InChI is InChI=1S/C14H21N3O/c1-11-4-5-13(12(17-11)6-8-15)18-9-7-14(2,3)10-16/h4-5H,6-9,15H2,1-3H3. The van der Waals surface area contributed by atoms with Crippen molar-refractivity contribution in [2.75, 3.05) is 13.2 Å². The second-order valence-corrected chi connectivity index (χ2v) is 5.03. The Morgan fingerprint density at radius 1 is 1.44 bits per heavy atom. The lowest BCUT2D eigenvalue weighted by Gasteiger charge is -2.16. The Hall–Kier alpha value is -1.60. The van der Waals surface area contributed by atoms with Crippen LogP contribution in [0.1, 0.15) is 31.7 Å². The highest BCUT2D eigenvalue weighted by Gasteiger charge is 2.16. The van der Waals surface area contributed by atoms with Crippen molar-refractivity contribution < 1.29 is 4.74 Å². The fourth-order valence-electron chi connectivity index (χ4n) is 1.52. The van der Waals surface area contributed by atoms with E-state index in [9.17, 15) is 0 Å². The molecule has 0 fully saturated rings. The van der Waals surface area contributed by atoms with E-state index in [2.05, 4.69) is 11.1 Å². The molecule has 4 nitrogen and oxygen atoms in total. The second kappa shape index (κ2) is 6.36. The maximum absolute atomic E-state index is 8.93. The summed E-state index contributed by atoms with van der Waals surface area (Å²) in [7, 11) is 0. The molecule has 2 N–H and O–H groups in total. The number of nitriles is 1. The van der Waals surface area contributed by atoms with E-state index >= 15 is 0 Å². The van der Waals surface area contributed by atoms with Crippen molar-refractivity contribution in [2.24, 2.45) is 11.1 Å². The normalized spacial score (nSPS) is 11.1. The van der Waals surface area contributed by atoms with E-state index in [0.29, 0.717) is 26.0 Å². The third-order valence-corrected chi connectivity index (χ3v) is 2.74. The van der Waals surface area contributed by atoms with Gasteiger partial charge in [0.25, 0.3) is 0 Å². The summed E-state index contributed by atoms with van der Waals surface area (Å²) in [5.74, 6) is 0.778. The highest BCUT2D eigenvalue weighted by atomic mass is 16.5. The van der Waals surface area contributed by atoms with Crippen LogP contribution in [0.2, 0.25) is 0 Å². The van der Waals surface area contributed by atoms with Crippen LogP contribution in [0.4, 0.5) is 0 Å². The number of aromatic nitrogens is 1. The molecule has 1 aromatic heterocycles. The summed E-state index contributed by atoms with van der Waals surface area (Å²) in [6.07, 6.45) is 1.40. The van der Waals surface area contributed by atoms with E-state index < -0.39 is 0 Å². The van der Waals surface area contributed by atoms with Crippen molar-refractivity contribution in [3.05, 3.63) is 23.5 Å². The van der Waals surface area contributed by atoms with Gasteiger partial charge < -0.3 is 10.5 Å². The van der Waals surface area contributed by atoms with Crippen molar-refractivity contribution in [1.29, 1.82) is 5.26 Å². The predicted molar refractivity (Wildman–Crippen MR) is 71.2 cm³/mol. The minimum absolute atomic E-state index is 0.355. The van der Waals surface area contributed by atoms with Gasteiger partial charge in [0.05, 0.1) is 23.8 Å². The first-order valence-corrected chi connectivity index (χ1v) is 6.19. The fourth-order valence-corrected chi connectivity index (χ4v) is 1.52. The number of rotatable bonds is 6. The molecule has 0 radical (unpaired) electrons. The summed E-state index contributed by atoms with van der Waals surface area (Å²) in [4.78, 5) is 4.43. The highest BCUT2D eigenvalue weighted by Crippen LogP contribution is 2.21. The van der Waals surface area contributed by atoms with Gasteiger partial charge in [-0.15, -0.1) is 0 Å². The summed E-state index contributed by atoms with van der Waals surface area (Å²) in [5.41, 5.74) is 7.06. The molecule has 0 bridgehead atoms. The van der Waals surface area contributed by atoms with Crippen LogP contribution in [0.15, 0.2) is 12.1 Å². The number of pyridine rings is 1. The van der Waals surface area contributed by atoms with Crippen LogP contribution in [-0.2, 0) is 6.42 Å². The SMILES string of the molecule is Cc1ccc(OCCC(C)(C)C#N)c(CCN)n1. The van der Waals surface area contributed by atoms with Gasteiger partial charge in [0.1, 0.15) is 5.75 Å². The van der Waals surface area contributed by atoms with Gasteiger partial charge in [-0.1, -0.05) is 0 Å². The lowest BCUT2D eigenvalue weighted by molar-refractivity contribution is 0.261. The molecule has 98 valence electrons. The molecule has 0 saturated carbocycles. The molecule has 0 aliphatic rings. The Balaban J connectivity index is 2.65. The molecule has 0 aliphatic carbocycles. The van der Waals surface area contributed by atoms with Gasteiger partial charge in [-0.3, -0.25) is 4.98 Å². The van der Waals surface area contributed by atoms with E-state index in [-0.39, 0.29) is 5.41 Å². The van der Waals surface area contributed by atoms with Gasteiger partial charge in [-0.2, -0.15) is 5.26 Å². The molecule has 1 heterocycles. The third kappa shape index (κ3) is 4.34. The molecule has 1 rings (SSSR count). The van der Waals surface area contributed by atoms with Crippen LogP contribution in [0, 0.1) is 23.7 Å². The number of hydrogen-bond donors (Lipinski definition) is 1. The molecular formula is C14H21N3O. The fraction of sp³-hybridized carbons (Fsp3) is 0.571. The number of hydrogen-bond acceptors (Lipinski definition) is 4. The first kappa shape index (κ1) is 14.5. The molecule has 0 spiro atoms. The van der Waals surface area contributed by atoms with Crippen molar-refractivity contribution in [3.63, 3.8) is 0 Å². The Kier molecular flexibility index (Phi) is 5.11. The molecule has 1 aromatic rings. The highest BCUT2D eigenvalue weighted by molar-refractivity contribution is 5.29. The van der Waals surface area contributed by atoms with Gasteiger partial charge in [-0.05, 0) is 45.9 Å². The summed E-state index contributed by atoms with van der Waals surface area (Å²) in [6.45, 7) is 6.83. The van der Waals surface area contributed by atoms with Gasteiger partial charge >= 0.3 is 0 Å². The maximum atomic E-state index is 8.93. The van der Waals surface area contributed by atoms with Crippen molar-refractivity contribution in [3.8, 4) is 11.8 Å². The summed E-state index contributed by atoms with van der Waals surface area (Å²) < 4.78 is 5.71. The van der Waals surface area contributed by atoms with Crippen LogP contribution in [0.25, 0.3) is 0 Å². The molecule has 0 amide bonds. The third-order valence-electron chi connectivity index (χ3n) is 2.74. The Morgan fingerprint density at radius 2 is 2.17 bits per heavy atom. The number of nitrogens with two attached hydrogens (primary N) is 1. The van der Waals surface area contributed by atoms with Crippen LogP contribution in [0.3, 0.4) is 0 Å². The van der Waals surface area contributed by atoms with E-state index in [1.165, 1.54) is 0 Å². The zero-order valence-corrected chi connectivity index (χ0v) is 11.4. The van der Waals surface area contributed by atoms with Crippen LogP contribution < -0.4 is 10.5 Å². The first-order valence-electron chi connectivity index (χ1n) is 6.19. The first-order chi connectivity index (χ1) is 8.48. The molecule has 0 aromatic carbocycles. The average molecular weight is 247 g/mol. The topological polar surface area (TPSA) is 71.9 Å². The van der Waals surface area contributed by atoms with E-state index in [1.54, 1.807) is 0 Å². The van der Waals surface area contributed by atoms with Crippen molar-refractivity contribution in [1.82, 2.24) is 4.98 Å². The van der Waals surface area contributed by atoms with Gasteiger partial charge in [0.15, 0.2) is 0 Å². The quantitative estimate of drug-likeness (QED) is 0.836. The van der Waals surface area contributed by atoms with Crippen LogP contribution in [-0.4, -0.2) is 18.1 Å². The summed E-state index contributed by atoms with van der Waals surface area (Å²) in [5, 5.41) is 8.93. The Labute approximate surface area is 109 Å². The van der Waals surface area contributed by atoms with Gasteiger partial charge in [0, 0.05) is 12.1 Å². The average Bonchev–Trinajstić information content (AvgIpc) is 2.32. The monoisotopic (exact) mass is 247 g/mol. The largest absolute Gasteiger partial charge is 0.492 e. The second-order valence-electron chi connectivity index (χ2n) is 5.03. The van der Waals surface area contributed by atoms with Gasteiger partial charge in [-0.25, -0.2) is 0 Å². The summed E-state index contributed by atoms with van der Waals surface area (Å²) in [6, 6.07) is 6.11. The van der Waals surface area contributed by atoms with Gasteiger partial charge in [0.2, 0.25) is 0 Å². The van der Waals surface area contributed by atoms with Crippen molar-refractivity contribution in [2.45, 2.75) is 33.6 Å².